The van der Waals surface area contributed by atoms with Gasteiger partial charge in [-0.1, -0.05) is 57.6 Å². The van der Waals surface area contributed by atoms with Gasteiger partial charge in [-0.2, -0.15) is 0 Å². The van der Waals surface area contributed by atoms with Crippen LogP contribution in [0.3, 0.4) is 0 Å². The van der Waals surface area contributed by atoms with Gasteiger partial charge in [-0.05, 0) is 63.6 Å². The Balaban J connectivity index is 1.99. The Hall–Kier alpha value is -1.48. The average molecular weight is 415 g/mol. The predicted molar refractivity (Wildman–Crippen MR) is 124 cm³/mol. The zero-order valence-corrected chi connectivity index (χ0v) is 20.2. The van der Waals surface area contributed by atoms with E-state index in [-0.39, 0.29) is 17.4 Å². The predicted octanol–water partition coefficient (Wildman–Crippen LogP) is 7.76. The molecule has 1 N–H and O–H groups in total. The van der Waals surface area contributed by atoms with E-state index in [2.05, 4.69) is 54.5 Å². The molecule has 1 aromatic rings. The van der Waals surface area contributed by atoms with Gasteiger partial charge in [0.15, 0.2) is 0 Å². The number of fused-ring (bicyclic) bond motifs is 4. The molecular formula is C27H42O3. The molecule has 168 valence electrons. The van der Waals surface area contributed by atoms with Crippen molar-refractivity contribution in [3.05, 3.63) is 34.4 Å². The Morgan fingerprint density at radius 1 is 1.23 bits per heavy atom. The summed E-state index contributed by atoms with van der Waals surface area (Å²) in [5.74, 6) is 0.795. The second kappa shape index (κ2) is 8.94. The molecular weight excluding hydrogens is 372 g/mol. The fourth-order valence-corrected chi connectivity index (χ4v) is 5.34. The van der Waals surface area contributed by atoms with Gasteiger partial charge >= 0.3 is 0 Å². The topological polar surface area (TPSA) is 38.7 Å². The van der Waals surface area contributed by atoms with Crippen molar-refractivity contribution in [2.75, 3.05) is 0 Å². The molecule has 1 heterocycles. The standard InChI is InChI=1S/C27H42O3/c1-8-9-10-11-13-26(6,7)20-15-23(28)25-22-17-27(29-19(4)5,30-24(25)16-20)14-12-21(22)18(2)3/h15-16,19,22,28H,8-14,17H2,1-7H3. The molecule has 2 unspecified atom stereocenters. The highest BCUT2D eigenvalue weighted by Gasteiger charge is 2.48. The Bertz CT molecular complexity index is 786. The molecule has 3 rings (SSSR count). The normalized spacial score (nSPS) is 23.3. The summed E-state index contributed by atoms with van der Waals surface area (Å²) in [7, 11) is 0. The largest absolute Gasteiger partial charge is 0.507 e. The van der Waals surface area contributed by atoms with Gasteiger partial charge in [-0.15, -0.1) is 0 Å². The zero-order valence-electron chi connectivity index (χ0n) is 20.2. The number of ether oxygens (including phenoxy) is 2. The summed E-state index contributed by atoms with van der Waals surface area (Å²) < 4.78 is 12.9. The second-order valence-electron chi connectivity index (χ2n) is 10.6. The lowest BCUT2D eigenvalue weighted by Gasteiger charge is -2.48. The lowest BCUT2D eigenvalue weighted by Crippen LogP contribution is -2.48. The zero-order chi connectivity index (χ0) is 22.1. The van der Waals surface area contributed by atoms with Crippen molar-refractivity contribution in [1.82, 2.24) is 0 Å². The van der Waals surface area contributed by atoms with Crippen LogP contribution in [-0.4, -0.2) is 17.0 Å². The van der Waals surface area contributed by atoms with Gasteiger partial charge in [0.25, 0.3) is 0 Å². The lowest BCUT2D eigenvalue weighted by molar-refractivity contribution is -0.225. The fraction of sp³-hybridized carbons (Fsp3) is 0.704. The summed E-state index contributed by atoms with van der Waals surface area (Å²) in [6.45, 7) is 15.3. The maximum atomic E-state index is 11.1. The van der Waals surface area contributed by atoms with Gasteiger partial charge in [0, 0.05) is 24.3 Å². The SMILES string of the molecule is CCCCCCC(C)(C)c1cc(O)c2c(c1)OC1(OC(C)C)CCC(=C(C)C)C2C1. The van der Waals surface area contributed by atoms with E-state index in [4.69, 9.17) is 9.47 Å². The molecule has 1 aromatic carbocycles. The Morgan fingerprint density at radius 2 is 1.97 bits per heavy atom. The van der Waals surface area contributed by atoms with Crippen LogP contribution >= 0.6 is 0 Å². The van der Waals surface area contributed by atoms with Crippen LogP contribution in [0.5, 0.6) is 11.5 Å². The van der Waals surface area contributed by atoms with Gasteiger partial charge in [0.1, 0.15) is 11.5 Å². The molecule has 0 spiro atoms. The summed E-state index contributed by atoms with van der Waals surface area (Å²) in [5, 5.41) is 11.1. The molecule has 0 aromatic heterocycles. The van der Waals surface area contributed by atoms with E-state index >= 15 is 0 Å². The highest BCUT2D eigenvalue weighted by Crippen LogP contribution is 2.56. The van der Waals surface area contributed by atoms with E-state index in [0.29, 0.717) is 5.75 Å². The summed E-state index contributed by atoms with van der Waals surface area (Å²) in [4.78, 5) is 0. The summed E-state index contributed by atoms with van der Waals surface area (Å²) >= 11 is 0. The van der Waals surface area contributed by atoms with Gasteiger partial charge in [-0.3, -0.25) is 0 Å². The number of benzene rings is 1. The molecule has 30 heavy (non-hydrogen) atoms. The monoisotopic (exact) mass is 414 g/mol. The highest BCUT2D eigenvalue weighted by molar-refractivity contribution is 5.56. The number of rotatable bonds is 8. The number of aromatic hydroxyl groups is 1. The molecule has 1 aliphatic heterocycles. The second-order valence-corrected chi connectivity index (χ2v) is 10.6. The van der Waals surface area contributed by atoms with Crippen molar-refractivity contribution < 1.29 is 14.6 Å². The third-order valence-electron chi connectivity index (χ3n) is 7.01. The Kier molecular flexibility index (Phi) is 6.91. The molecule has 3 nitrogen and oxygen atoms in total. The summed E-state index contributed by atoms with van der Waals surface area (Å²) in [6, 6.07) is 4.18. The smallest absolute Gasteiger partial charge is 0.212 e. The molecule has 1 fully saturated rings. The minimum Gasteiger partial charge on any atom is -0.507 e. The van der Waals surface area contributed by atoms with Gasteiger partial charge in [-0.25, -0.2) is 0 Å². The first kappa shape index (κ1) is 23.2. The molecule has 0 radical (unpaired) electrons. The Morgan fingerprint density at radius 3 is 2.60 bits per heavy atom. The van der Waals surface area contributed by atoms with Crippen LogP contribution < -0.4 is 4.74 Å². The molecule has 3 heteroatoms. The number of allylic oxidation sites excluding steroid dienone is 2. The van der Waals surface area contributed by atoms with Crippen LogP contribution in [0.2, 0.25) is 0 Å². The molecule has 1 aliphatic carbocycles. The van der Waals surface area contributed by atoms with E-state index in [0.717, 1.165) is 42.6 Å². The lowest BCUT2D eigenvalue weighted by atomic mass is 9.71. The quantitative estimate of drug-likeness (QED) is 0.349. The van der Waals surface area contributed by atoms with Crippen LogP contribution in [-0.2, 0) is 10.2 Å². The maximum Gasteiger partial charge on any atom is 0.212 e. The third kappa shape index (κ3) is 4.72. The first-order valence-corrected chi connectivity index (χ1v) is 12.0. The summed E-state index contributed by atoms with van der Waals surface area (Å²) in [6.07, 6.45) is 8.85. The van der Waals surface area contributed by atoms with Crippen LogP contribution in [0.1, 0.15) is 117 Å². The van der Waals surface area contributed by atoms with E-state index in [1.165, 1.54) is 36.8 Å². The van der Waals surface area contributed by atoms with Crippen molar-refractivity contribution >= 4 is 0 Å². The van der Waals surface area contributed by atoms with Crippen LogP contribution in [0.25, 0.3) is 0 Å². The minimum atomic E-state index is -0.582. The third-order valence-corrected chi connectivity index (χ3v) is 7.01. The number of unbranched alkanes of at least 4 members (excludes halogenated alkanes) is 3. The first-order valence-electron chi connectivity index (χ1n) is 12.0. The first-order chi connectivity index (χ1) is 14.1. The van der Waals surface area contributed by atoms with Crippen LogP contribution in [0, 0.1) is 0 Å². The number of phenols is 1. The van der Waals surface area contributed by atoms with E-state index in [1.807, 2.05) is 6.07 Å². The summed E-state index contributed by atoms with van der Waals surface area (Å²) in [5.41, 5.74) is 4.91. The van der Waals surface area contributed by atoms with E-state index in [1.54, 1.807) is 0 Å². The molecule has 0 amide bonds. The van der Waals surface area contributed by atoms with Gasteiger partial charge < -0.3 is 14.6 Å². The van der Waals surface area contributed by atoms with Gasteiger partial charge in [0.05, 0.1) is 6.10 Å². The number of hydrogen-bond donors (Lipinski definition) is 1. The van der Waals surface area contributed by atoms with E-state index in [9.17, 15) is 5.11 Å². The molecule has 2 aliphatic rings. The van der Waals surface area contributed by atoms with Gasteiger partial charge in [0.2, 0.25) is 5.79 Å². The van der Waals surface area contributed by atoms with Crippen molar-refractivity contribution in [2.45, 2.75) is 123 Å². The molecule has 0 saturated heterocycles. The maximum absolute atomic E-state index is 11.1. The fourth-order valence-electron chi connectivity index (χ4n) is 5.34. The molecule has 2 bridgehead atoms. The highest BCUT2D eigenvalue weighted by atomic mass is 16.7. The average Bonchev–Trinajstić information content (AvgIpc) is 2.63. The van der Waals surface area contributed by atoms with Crippen molar-refractivity contribution in [2.24, 2.45) is 0 Å². The minimum absolute atomic E-state index is 0.00157. The van der Waals surface area contributed by atoms with Crippen LogP contribution in [0.4, 0.5) is 0 Å². The Labute approximate surface area is 183 Å². The van der Waals surface area contributed by atoms with Crippen molar-refractivity contribution in [3.63, 3.8) is 0 Å². The van der Waals surface area contributed by atoms with Crippen molar-refractivity contribution in [3.8, 4) is 11.5 Å². The van der Waals surface area contributed by atoms with E-state index < -0.39 is 5.79 Å². The number of hydrogen-bond acceptors (Lipinski definition) is 3. The molecule has 2 atom stereocenters. The number of phenolic OH excluding ortho intramolecular Hbond substituents is 1. The molecule has 1 saturated carbocycles. The van der Waals surface area contributed by atoms with Crippen molar-refractivity contribution in [1.29, 1.82) is 0 Å². The van der Waals surface area contributed by atoms with Crippen LogP contribution in [0.15, 0.2) is 23.3 Å².